The van der Waals surface area contributed by atoms with Crippen molar-refractivity contribution in [2.45, 2.75) is 60.9 Å². The predicted molar refractivity (Wildman–Crippen MR) is 65.5 cm³/mol. The molecule has 14 heavy (non-hydrogen) atoms. The molecule has 0 fully saturated rings. The highest BCUT2D eigenvalue weighted by Gasteiger charge is 2.25. The van der Waals surface area contributed by atoms with Crippen LogP contribution in [0.1, 0.15) is 55.4 Å². The van der Waals surface area contributed by atoms with Crippen molar-refractivity contribution in [1.29, 1.82) is 0 Å². The smallest absolute Gasteiger partial charge is 0.00966 e. The van der Waals surface area contributed by atoms with Gasteiger partial charge >= 0.3 is 0 Å². The first-order valence-electron chi connectivity index (χ1n) is 5.79. The van der Waals surface area contributed by atoms with Crippen molar-refractivity contribution in [3.63, 3.8) is 0 Å². The van der Waals surface area contributed by atoms with Crippen molar-refractivity contribution >= 4 is 0 Å². The summed E-state index contributed by atoms with van der Waals surface area (Å²) in [6.45, 7) is 19.5. The summed E-state index contributed by atoms with van der Waals surface area (Å²) in [7, 11) is 0. The number of hydrogen-bond acceptors (Lipinski definition) is 1. The Balaban J connectivity index is 4.03. The zero-order valence-corrected chi connectivity index (χ0v) is 11.4. The van der Waals surface area contributed by atoms with Crippen LogP contribution in [0.25, 0.3) is 0 Å². The molecule has 0 radical (unpaired) electrons. The molecule has 0 aliphatic carbocycles. The summed E-state index contributed by atoms with van der Waals surface area (Å²) in [5.41, 5.74) is 0.658. The van der Waals surface area contributed by atoms with Gasteiger partial charge in [0, 0.05) is 5.54 Å². The fourth-order valence-corrected chi connectivity index (χ4v) is 1.50. The standard InChI is InChI=1S/C13H29N/c1-10(9-14-13(6,7)8)11(2)12(3,4)5/h10-11,14H,9H2,1-8H3. The molecule has 0 heterocycles. The lowest BCUT2D eigenvalue weighted by atomic mass is 9.75. The molecule has 0 bridgehead atoms. The molecule has 86 valence electrons. The summed E-state index contributed by atoms with van der Waals surface area (Å²) in [6, 6.07) is 0. The Morgan fingerprint density at radius 1 is 0.929 bits per heavy atom. The third-order valence-corrected chi connectivity index (χ3v) is 3.17. The molecule has 2 atom stereocenters. The normalized spacial score (nSPS) is 18.0. The topological polar surface area (TPSA) is 12.0 Å². The Morgan fingerprint density at radius 3 is 1.64 bits per heavy atom. The lowest BCUT2D eigenvalue weighted by molar-refractivity contribution is 0.177. The second-order valence-electron chi connectivity index (χ2n) is 6.76. The first-order chi connectivity index (χ1) is 6.04. The summed E-state index contributed by atoms with van der Waals surface area (Å²) in [4.78, 5) is 0. The van der Waals surface area contributed by atoms with Gasteiger partial charge in [-0.3, -0.25) is 0 Å². The van der Waals surface area contributed by atoms with Crippen molar-refractivity contribution < 1.29 is 0 Å². The van der Waals surface area contributed by atoms with Gasteiger partial charge in [-0.2, -0.15) is 0 Å². The Morgan fingerprint density at radius 2 is 1.36 bits per heavy atom. The molecule has 0 saturated carbocycles. The average Bonchev–Trinajstić information content (AvgIpc) is 1.95. The van der Waals surface area contributed by atoms with E-state index in [4.69, 9.17) is 0 Å². The van der Waals surface area contributed by atoms with E-state index in [0.717, 1.165) is 18.4 Å². The molecular weight excluding hydrogens is 170 g/mol. The zero-order chi connectivity index (χ0) is 11.6. The fourth-order valence-electron chi connectivity index (χ4n) is 1.50. The molecule has 0 aromatic heterocycles. The Labute approximate surface area is 90.7 Å². The Hall–Kier alpha value is -0.0400. The van der Waals surface area contributed by atoms with Crippen molar-refractivity contribution in [3.8, 4) is 0 Å². The maximum atomic E-state index is 3.57. The van der Waals surface area contributed by atoms with Crippen molar-refractivity contribution in [2.75, 3.05) is 6.54 Å². The van der Waals surface area contributed by atoms with Crippen molar-refractivity contribution in [3.05, 3.63) is 0 Å². The lowest BCUT2D eigenvalue weighted by Gasteiger charge is -2.34. The molecule has 0 spiro atoms. The predicted octanol–water partition coefficient (Wildman–Crippen LogP) is 3.69. The quantitative estimate of drug-likeness (QED) is 0.731. The van der Waals surface area contributed by atoms with Gasteiger partial charge in [0.05, 0.1) is 0 Å². The minimum Gasteiger partial charge on any atom is -0.312 e. The maximum Gasteiger partial charge on any atom is 0.00966 e. The van der Waals surface area contributed by atoms with Gasteiger partial charge in [0.25, 0.3) is 0 Å². The van der Waals surface area contributed by atoms with Gasteiger partial charge in [0.15, 0.2) is 0 Å². The summed E-state index contributed by atoms with van der Waals surface area (Å²) >= 11 is 0. The van der Waals surface area contributed by atoms with Crippen LogP contribution in [0.5, 0.6) is 0 Å². The van der Waals surface area contributed by atoms with Gasteiger partial charge in [0.1, 0.15) is 0 Å². The third-order valence-electron chi connectivity index (χ3n) is 3.17. The van der Waals surface area contributed by atoms with Gasteiger partial charge in [-0.15, -0.1) is 0 Å². The van der Waals surface area contributed by atoms with Gasteiger partial charge in [0.2, 0.25) is 0 Å². The summed E-state index contributed by atoms with van der Waals surface area (Å²) < 4.78 is 0. The molecule has 0 rings (SSSR count). The number of hydrogen-bond donors (Lipinski definition) is 1. The van der Waals surface area contributed by atoms with Crippen LogP contribution in [0.2, 0.25) is 0 Å². The van der Waals surface area contributed by atoms with Gasteiger partial charge in [-0.05, 0) is 44.6 Å². The van der Waals surface area contributed by atoms with Crippen molar-refractivity contribution in [2.24, 2.45) is 17.3 Å². The van der Waals surface area contributed by atoms with Crippen LogP contribution in [-0.4, -0.2) is 12.1 Å². The van der Waals surface area contributed by atoms with E-state index >= 15 is 0 Å². The second-order valence-corrected chi connectivity index (χ2v) is 6.76. The average molecular weight is 199 g/mol. The summed E-state index contributed by atoms with van der Waals surface area (Å²) in [5, 5.41) is 3.57. The first kappa shape index (κ1) is 14.0. The number of nitrogens with one attached hydrogen (secondary N) is 1. The van der Waals surface area contributed by atoms with Crippen LogP contribution < -0.4 is 5.32 Å². The number of rotatable bonds is 3. The Kier molecular flexibility index (Phi) is 4.64. The van der Waals surface area contributed by atoms with E-state index in [1.807, 2.05) is 0 Å². The van der Waals surface area contributed by atoms with Gasteiger partial charge in [-0.25, -0.2) is 0 Å². The third kappa shape index (κ3) is 5.64. The largest absolute Gasteiger partial charge is 0.312 e. The molecule has 0 amide bonds. The zero-order valence-electron chi connectivity index (χ0n) is 11.4. The summed E-state index contributed by atoms with van der Waals surface area (Å²) in [5.74, 6) is 1.48. The van der Waals surface area contributed by atoms with Crippen LogP contribution in [-0.2, 0) is 0 Å². The molecule has 1 heteroatoms. The maximum absolute atomic E-state index is 3.57. The molecule has 0 aromatic rings. The van der Waals surface area contributed by atoms with Crippen LogP contribution >= 0.6 is 0 Å². The van der Waals surface area contributed by atoms with Crippen LogP contribution in [0.15, 0.2) is 0 Å². The second kappa shape index (κ2) is 4.65. The van der Waals surface area contributed by atoms with Gasteiger partial charge in [-0.1, -0.05) is 34.6 Å². The first-order valence-corrected chi connectivity index (χ1v) is 5.79. The minimum absolute atomic E-state index is 0.242. The molecule has 0 aliphatic rings. The minimum atomic E-state index is 0.242. The van der Waals surface area contributed by atoms with E-state index in [9.17, 15) is 0 Å². The molecule has 0 aliphatic heterocycles. The molecule has 0 aromatic carbocycles. The monoisotopic (exact) mass is 199 g/mol. The molecule has 2 unspecified atom stereocenters. The van der Waals surface area contributed by atoms with Crippen molar-refractivity contribution in [1.82, 2.24) is 5.32 Å². The fraction of sp³-hybridized carbons (Fsp3) is 1.00. The van der Waals surface area contributed by atoms with Crippen LogP contribution in [0, 0.1) is 17.3 Å². The van der Waals surface area contributed by atoms with Crippen LogP contribution in [0.3, 0.4) is 0 Å². The highest BCUT2D eigenvalue weighted by molar-refractivity contribution is 4.79. The van der Waals surface area contributed by atoms with E-state index in [-0.39, 0.29) is 5.54 Å². The molecule has 1 N–H and O–H groups in total. The highest BCUT2D eigenvalue weighted by Crippen LogP contribution is 2.31. The van der Waals surface area contributed by atoms with Crippen LogP contribution in [0.4, 0.5) is 0 Å². The molecule has 0 saturated heterocycles. The van der Waals surface area contributed by atoms with E-state index in [0.29, 0.717) is 5.41 Å². The Bertz CT molecular complexity index is 159. The molecule has 1 nitrogen and oxygen atoms in total. The molecular formula is C13H29N. The van der Waals surface area contributed by atoms with Gasteiger partial charge < -0.3 is 5.32 Å². The van der Waals surface area contributed by atoms with E-state index in [1.165, 1.54) is 0 Å². The lowest BCUT2D eigenvalue weighted by Crippen LogP contribution is -2.41. The van der Waals surface area contributed by atoms with E-state index < -0.39 is 0 Å². The highest BCUT2D eigenvalue weighted by atomic mass is 14.9. The van der Waals surface area contributed by atoms with E-state index in [1.54, 1.807) is 0 Å². The SMILES string of the molecule is CC(CNC(C)(C)C)C(C)C(C)(C)C. The van der Waals surface area contributed by atoms with E-state index in [2.05, 4.69) is 60.7 Å². The summed E-state index contributed by atoms with van der Waals surface area (Å²) in [6.07, 6.45) is 0.